The van der Waals surface area contributed by atoms with Gasteiger partial charge in [0.2, 0.25) is 0 Å². The van der Waals surface area contributed by atoms with Crippen molar-refractivity contribution in [1.29, 1.82) is 0 Å². The molecule has 0 N–H and O–H groups in total. The van der Waals surface area contributed by atoms with Gasteiger partial charge < -0.3 is 0 Å². The molecule has 2 heteroatoms. The molecular formula is C49H38N2. The highest BCUT2D eigenvalue weighted by Crippen LogP contribution is 2.69. The summed E-state index contributed by atoms with van der Waals surface area (Å²) < 4.78 is 2.36. The number of pyridine rings is 1. The van der Waals surface area contributed by atoms with Gasteiger partial charge in [-0.05, 0) is 136 Å². The summed E-state index contributed by atoms with van der Waals surface area (Å²) in [5.74, 6) is 4.41. The summed E-state index contributed by atoms with van der Waals surface area (Å²) in [4.78, 5) is 5.24. The van der Waals surface area contributed by atoms with Crippen LogP contribution >= 0.6 is 0 Å². The lowest BCUT2D eigenvalue weighted by molar-refractivity contribution is -0.0399. The van der Waals surface area contributed by atoms with E-state index in [0.29, 0.717) is 0 Å². The van der Waals surface area contributed by atoms with Crippen LogP contribution in [0.2, 0.25) is 0 Å². The summed E-state index contributed by atoms with van der Waals surface area (Å²) in [6.45, 7) is 0. The number of hydrogen-bond acceptors (Lipinski definition) is 1. The van der Waals surface area contributed by atoms with Gasteiger partial charge in [-0.1, -0.05) is 109 Å². The van der Waals surface area contributed by atoms with Crippen LogP contribution in [0.3, 0.4) is 0 Å². The molecule has 0 amide bonds. The molecule has 0 radical (unpaired) electrons. The van der Waals surface area contributed by atoms with Crippen molar-refractivity contribution in [3.63, 3.8) is 0 Å². The number of benzene rings is 6. The van der Waals surface area contributed by atoms with Crippen LogP contribution in [0.5, 0.6) is 0 Å². The van der Waals surface area contributed by atoms with Crippen LogP contribution in [0.4, 0.5) is 0 Å². The number of aromatic nitrogens is 2. The van der Waals surface area contributed by atoms with Crippen LogP contribution in [0, 0.1) is 23.7 Å². The largest absolute Gasteiger partial charge is 0.294 e. The van der Waals surface area contributed by atoms with Gasteiger partial charge in [-0.2, -0.15) is 0 Å². The van der Waals surface area contributed by atoms with Crippen molar-refractivity contribution in [3.8, 4) is 39.3 Å². The maximum absolute atomic E-state index is 5.24. The molecule has 6 aromatic carbocycles. The smallest absolute Gasteiger partial charge is 0.138 e. The van der Waals surface area contributed by atoms with E-state index in [-0.39, 0.29) is 5.41 Å². The Hall–Kier alpha value is -5.47. The Morgan fingerprint density at radius 2 is 1.20 bits per heavy atom. The van der Waals surface area contributed by atoms with Crippen LogP contribution < -0.4 is 0 Å². The lowest BCUT2D eigenvalue weighted by atomic mass is 9.43. The van der Waals surface area contributed by atoms with E-state index in [9.17, 15) is 0 Å². The average Bonchev–Trinajstić information content (AvgIpc) is 3.67. The molecule has 4 saturated carbocycles. The standard InChI is InChI=1S/C49H38N2/c1-2-10-33(11-3-1)44-15-8-16-47(50-44)51-45-21-19-35(29-41(45)48-38-12-5-4-9-32(38)18-22-46(48)51)34-17-20-43-40(28-34)39-13-6-7-14-42(39)49(43)36-24-30-23-31(26-36)27-37(49)25-30/h1-22,28-31,36-37H,23-27H2. The fourth-order valence-corrected chi connectivity index (χ4v) is 11.9. The van der Waals surface area contributed by atoms with E-state index in [1.54, 1.807) is 11.1 Å². The van der Waals surface area contributed by atoms with E-state index in [0.717, 1.165) is 40.7 Å². The summed E-state index contributed by atoms with van der Waals surface area (Å²) in [5.41, 5.74) is 13.5. The van der Waals surface area contributed by atoms with Gasteiger partial charge in [0.15, 0.2) is 0 Å². The average molecular weight is 655 g/mol. The lowest BCUT2D eigenvalue weighted by Gasteiger charge is -2.61. The fourth-order valence-electron chi connectivity index (χ4n) is 11.9. The number of fused-ring (bicyclic) bond motifs is 8. The molecule has 13 rings (SSSR count). The Morgan fingerprint density at radius 1 is 0.490 bits per heavy atom. The molecule has 2 aromatic heterocycles. The second kappa shape index (κ2) is 10.3. The Bertz CT molecular complexity index is 2690. The highest BCUT2D eigenvalue weighted by molar-refractivity contribution is 6.21. The van der Waals surface area contributed by atoms with Crippen molar-refractivity contribution >= 4 is 32.6 Å². The minimum Gasteiger partial charge on any atom is -0.294 e. The molecule has 244 valence electrons. The zero-order chi connectivity index (χ0) is 33.3. The molecule has 4 bridgehead atoms. The fraction of sp³-hybridized carbons (Fsp3) is 0.204. The van der Waals surface area contributed by atoms with Gasteiger partial charge in [0.25, 0.3) is 0 Å². The molecular weight excluding hydrogens is 617 g/mol. The van der Waals surface area contributed by atoms with Crippen molar-refractivity contribution in [2.24, 2.45) is 23.7 Å². The molecule has 1 spiro atoms. The predicted molar refractivity (Wildman–Crippen MR) is 210 cm³/mol. The zero-order valence-electron chi connectivity index (χ0n) is 28.6. The highest BCUT2D eigenvalue weighted by Gasteiger charge is 2.61. The summed E-state index contributed by atoms with van der Waals surface area (Å²) in [6.07, 6.45) is 7.15. The van der Waals surface area contributed by atoms with Gasteiger partial charge >= 0.3 is 0 Å². The van der Waals surface area contributed by atoms with E-state index >= 15 is 0 Å². The van der Waals surface area contributed by atoms with Crippen molar-refractivity contribution in [2.75, 3.05) is 0 Å². The molecule has 0 unspecified atom stereocenters. The number of rotatable bonds is 3. The van der Waals surface area contributed by atoms with Crippen LogP contribution in [0.15, 0.2) is 146 Å². The van der Waals surface area contributed by atoms with Crippen LogP contribution in [0.25, 0.3) is 71.9 Å². The topological polar surface area (TPSA) is 17.8 Å². The maximum atomic E-state index is 5.24. The Morgan fingerprint density at radius 3 is 2.06 bits per heavy atom. The number of hydrogen-bond donors (Lipinski definition) is 0. The molecule has 8 aromatic rings. The molecule has 0 saturated heterocycles. The minimum atomic E-state index is 0.204. The van der Waals surface area contributed by atoms with Crippen LogP contribution in [-0.2, 0) is 5.41 Å². The van der Waals surface area contributed by atoms with Gasteiger partial charge in [-0.3, -0.25) is 4.57 Å². The molecule has 5 aliphatic rings. The zero-order valence-corrected chi connectivity index (χ0v) is 28.6. The first-order chi connectivity index (χ1) is 25.2. The third kappa shape index (κ3) is 3.80. The van der Waals surface area contributed by atoms with Crippen molar-refractivity contribution in [3.05, 3.63) is 157 Å². The SMILES string of the molecule is c1ccc(-c2cccc(-n3c4ccc(-c5ccc6c(c5)-c5ccccc5C65C6CC7CC(C6)CC5C7)cc4c4c5ccccc5ccc43)n2)cc1. The molecule has 5 aliphatic carbocycles. The molecule has 2 nitrogen and oxygen atoms in total. The Labute approximate surface area is 298 Å². The summed E-state index contributed by atoms with van der Waals surface area (Å²) >= 11 is 0. The quantitative estimate of drug-likeness (QED) is 0.185. The van der Waals surface area contributed by atoms with E-state index in [2.05, 4.69) is 150 Å². The third-order valence-corrected chi connectivity index (χ3v) is 13.6. The van der Waals surface area contributed by atoms with Crippen LogP contribution in [-0.4, -0.2) is 9.55 Å². The van der Waals surface area contributed by atoms with Crippen molar-refractivity contribution < 1.29 is 0 Å². The van der Waals surface area contributed by atoms with Gasteiger partial charge in [0.05, 0.1) is 16.7 Å². The molecule has 0 atom stereocenters. The van der Waals surface area contributed by atoms with E-state index in [1.165, 1.54) is 86.9 Å². The second-order valence-electron chi connectivity index (χ2n) is 16.0. The molecule has 0 aliphatic heterocycles. The predicted octanol–water partition coefficient (Wildman–Crippen LogP) is 12.4. The molecule has 4 fully saturated rings. The lowest BCUT2D eigenvalue weighted by Crippen LogP contribution is -2.55. The highest BCUT2D eigenvalue weighted by atomic mass is 15.1. The third-order valence-electron chi connectivity index (χ3n) is 13.6. The number of nitrogens with zero attached hydrogens (tertiary/aromatic N) is 2. The molecule has 2 heterocycles. The first-order valence-electron chi connectivity index (χ1n) is 19.0. The Balaban J connectivity index is 1.06. The van der Waals surface area contributed by atoms with Gasteiger partial charge in [0, 0.05) is 21.8 Å². The second-order valence-corrected chi connectivity index (χ2v) is 16.0. The van der Waals surface area contributed by atoms with E-state index in [4.69, 9.17) is 4.98 Å². The van der Waals surface area contributed by atoms with Gasteiger partial charge in [-0.25, -0.2) is 4.98 Å². The van der Waals surface area contributed by atoms with Gasteiger partial charge in [-0.15, -0.1) is 0 Å². The van der Waals surface area contributed by atoms with Gasteiger partial charge in [0.1, 0.15) is 5.82 Å². The summed E-state index contributed by atoms with van der Waals surface area (Å²) in [5, 5.41) is 5.10. The van der Waals surface area contributed by atoms with Crippen molar-refractivity contribution in [2.45, 2.75) is 37.5 Å². The molecule has 51 heavy (non-hydrogen) atoms. The summed E-state index contributed by atoms with van der Waals surface area (Å²) in [6, 6.07) is 54.4. The summed E-state index contributed by atoms with van der Waals surface area (Å²) in [7, 11) is 0. The van der Waals surface area contributed by atoms with Crippen LogP contribution in [0.1, 0.15) is 43.2 Å². The monoisotopic (exact) mass is 654 g/mol. The van der Waals surface area contributed by atoms with Crippen molar-refractivity contribution in [1.82, 2.24) is 9.55 Å². The first kappa shape index (κ1) is 28.3. The Kier molecular flexibility index (Phi) is 5.70. The van der Waals surface area contributed by atoms with E-state index in [1.807, 2.05) is 0 Å². The van der Waals surface area contributed by atoms with E-state index < -0.39 is 0 Å². The normalized spacial score (nSPS) is 24.2. The first-order valence-corrected chi connectivity index (χ1v) is 19.0. The minimum absolute atomic E-state index is 0.204. The maximum Gasteiger partial charge on any atom is 0.138 e.